The molecule has 8 heteroatoms. The molecule has 0 aromatic heterocycles. The highest BCUT2D eigenvalue weighted by Gasteiger charge is 2.54. The van der Waals surface area contributed by atoms with E-state index in [2.05, 4.69) is 142 Å². The minimum Gasteiger partial charge on any atom is -0.414 e. The zero-order valence-electron chi connectivity index (χ0n) is 26.3. The zero-order valence-corrected chi connectivity index (χ0v) is 30.9. The highest BCUT2D eigenvalue weighted by molar-refractivity contribution is 9.10. The lowest BCUT2D eigenvalue weighted by atomic mass is 10.0. The van der Waals surface area contributed by atoms with Gasteiger partial charge in [0.15, 0.2) is 25.0 Å². The summed E-state index contributed by atoms with van der Waals surface area (Å²) in [4.78, 5) is 0. The standard InChI is InChI=1S/C29H55BrO4Si3/c1-27(2,3)35(10,11)31-20-23-25(33-36(12,13)28(4,5)6)26(34-37(14,15)29(7,8)9)24(32-23)21-17-16-18-22(30)19-21/h16-19,23-26H,20H2,1-15H3/t23-,24+,25-,26+/m1/s1. The number of hydrogen-bond donors (Lipinski definition) is 0. The summed E-state index contributed by atoms with van der Waals surface area (Å²) in [6.07, 6.45) is -0.794. The molecule has 0 radical (unpaired) electrons. The highest BCUT2D eigenvalue weighted by atomic mass is 79.9. The van der Waals surface area contributed by atoms with E-state index in [-0.39, 0.29) is 39.5 Å². The molecule has 0 N–H and O–H groups in total. The molecule has 2 rings (SSSR count). The first-order valence-corrected chi connectivity index (χ1v) is 23.3. The molecule has 1 saturated heterocycles. The molecule has 214 valence electrons. The summed E-state index contributed by atoms with van der Waals surface area (Å²) >= 11 is 3.67. The summed E-state index contributed by atoms with van der Waals surface area (Å²) in [6, 6.07) is 8.45. The van der Waals surface area contributed by atoms with E-state index in [1.54, 1.807) is 0 Å². The van der Waals surface area contributed by atoms with Crippen molar-refractivity contribution in [2.45, 2.75) is 141 Å². The van der Waals surface area contributed by atoms with E-state index < -0.39 is 25.0 Å². The highest BCUT2D eigenvalue weighted by Crippen LogP contribution is 2.47. The Hall–Kier alpha value is 0.191. The SMILES string of the molecule is CC(C)(C)[Si](C)(C)OC[C@H]1O[C@@H](c2cccc(Br)c2)[C@H](O[Si](C)(C)C(C)(C)C)[C@@H]1O[Si](C)(C)C(C)(C)C. The quantitative estimate of drug-likeness (QED) is 0.268. The molecule has 1 heterocycles. The van der Waals surface area contributed by atoms with Gasteiger partial charge in [-0.3, -0.25) is 0 Å². The zero-order chi connectivity index (χ0) is 28.8. The van der Waals surface area contributed by atoms with Crippen LogP contribution in [0, 0.1) is 0 Å². The first kappa shape index (κ1) is 33.4. The summed E-state index contributed by atoms with van der Waals surface area (Å²) in [7, 11) is -6.22. The Morgan fingerprint density at radius 1 is 0.730 bits per heavy atom. The average molecular weight is 632 g/mol. The first-order chi connectivity index (χ1) is 16.4. The largest absolute Gasteiger partial charge is 0.414 e. The molecule has 4 nitrogen and oxygen atoms in total. The molecule has 0 bridgehead atoms. The number of ether oxygens (including phenoxy) is 1. The third-order valence-electron chi connectivity index (χ3n) is 9.38. The van der Waals surface area contributed by atoms with E-state index in [9.17, 15) is 0 Å². The van der Waals surface area contributed by atoms with Gasteiger partial charge < -0.3 is 18.0 Å². The second kappa shape index (κ2) is 11.2. The Morgan fingerprint density at radius 3 is 1.62 bits per heavy atom. The number of benzene rings is 1. The second-order valence-corrected chi connectivity index (χ2v) is 30.6. The van der Waals surface area contributed by atoms with E-state index in [1.807, 2.05) is 0 Å². The summed E-state index contributed by atoms with van der Waals surface area (Å²) < 4.78 is 29.2. The number of rotatable bonds is 8. The lowest BCUT2D eigenvalue weighted by Gasteiger charge is -2.44. The third-order valence-corrected chi connectivity index (χ3v) is 23.3. The van der Waals surface area contributed by atoms with Gasteiger partial charge in [0.2, 0.25) is 0 Å². The lowest BCUT2D eigenvalue weighted by Crippen LogP contribution is -2.54. The predicted octanol–water partition coefficient (Wildman–Crippen LogP) is 9.69. The van der Waals surface area contributed by atoms with Crippen molar-refractivity contribution in [2.24, 2.45) is 0 Å². The third kappa shape index (κ3) is 7.90. The maximum atomic E-state index is 7.22. The van der Waals surface area contributed by atoms with Crippen LogP contribution in [0.3, 0.4) is 0 Å². The molecule has 1 aliphatic rings. The van der Waals surface area contributed by atoms with E-state index in [1.165, 1.54) is 0 Å². The van der Waals surface area contributed by atoms with Crippen molar-refractivity contribution in [3.63, 3.8) is 0 Å². The molecule has 37 heavy (non-hydrogen) atoms. The molecule has 1 aromatic carbocycles. The molecule has 1 aromatic rings. The Labute approximate surface area is 240 Å². The molecule has 0 aliphatic carbocycles. The van der Waals surface area contributed by atoms with Crippen LogP contribution in [-0.4, -0.2) is 49.9 Å². The molecule has 0 spiro atoms. The number of hydrogen-bond acceptors (Lipinski definition) is 4. The molecule has 1 aliphatic heterocycles. The minimum absolute atomic E-state index is 0.0755. The van der Waals surface area contributed by atoms with Crippen LogP contribution in [0.4, 0.5) is 0 Å². The molecule has 1 fully saturated rings. The topological polar surface area (TPSA) is 36.9 Å². The van der Waals surface area contributed by atoms with Crippen molar-refractivity contribution >= 4 is 40.9 Å². The molecule has 0 unspecified atom stereocenters. The van der Waals surface area contributed by atoms with Gasteiger partial charge in [0.05, 0.1) is 6.61 Å². The van der Waals surface area contributed by atoms with Crippen molar-refractivity contribution in [1.82, 2.24) is 0 Å². The number of halogens is 1. The monoisotopic (exact) mass is 630 g/mol. The van der Waals surface area contributed by atoms with Crippen molar-refractivity contribution in [2.75, 3.05) is 6.61 Å². The molecule has 0 amide bonds. The lowest BCUT2D eigenvalue weighted by molar-refractivity contribution is -0.0172. The van der Waals surface area contributed by atoms with Crippen LogP contribution in [0.5, 0.6) is 0 Å². The Bertz CT molecular complexity index is 913. The van der Waals surface area contributed by atoms with Crippen molar-refractivity contribution in [3.8, 4) is 0 Å². The summed E-state index contributed by atoms with van der Waals surface area (Å²) in [6.45, 7) is 35.1. The Morgan fingerprint density at radius 2 is 1.19 bits per heavy atom. The van der Waals surface area contributed by atoms with Crippen LogP contribution >= 0.6 is 15.9 Å². The van der Waals surface area contributed by atoms with Gasteiger partial charge in [0.25, 0.3) is 0 Å². The van der Waals surface area contributed by atoms with Crippen LogP contribution in [-0.2, 0) is 18.0 Å². The van der Waals surface area contributed by atoms with E-state index in [4.69, 9.17) is 18.0 Å². The fourth-order valence-corrected chi connectivity index (χ4v) is 7.67. The first-order valence-electron chi connectivity index (χ1n) is 13.8. The smallest absolute Gasteiger partial charge is 0.192 e. The fraction of sp³-hybridized carbons (Fsp3) is 0.793. The van der Waals surface area contributed by atoms with Crippen LogP contribution in [0.1, 0.15) is 74.0 Å². The van der Waals surface area contributed by atoms with Crippen molar-refractivity contribution in [3.05, 3.63) is 34.3 Å². The summed E-state index contributed by atoms with van der Waals surface area (Å²) in [5.41, 5.74) is 1.12. The molecular formula is C29H55BrO4Si3. The van der Waals surface area contributed by atoms with E-state index >= 15 is 0 Å². The normalized spacial score (nSPS) is 24.5. The summed E-state index contributed by atoms with van der Waals surface area (Å²) in [5, 5.41) is 0.279. The van der Waals surface area contributed by atoms with Crippen LogP contribution in [0.25, 0.3) is 0 Å². The van der Waals surface area contributed by atoms with Gasteiger partial charge in [-0.15, -0.1) is 0 Å². The van der Waals surface area contributed by atoms with Gasteiger partial charge in [-0.05, 0) is 72.1 Å². The van der Waals surface area contributed by atoms with Crippen molar-refractivity contribution in [1.29, 1.82) is 0 Å². The van der Waals surface area contributed by atoms with Gasteiger partial charge >= 0.3 is 0 Å². The second-order valence-electron chi connectivity index (χ2n) is 15.4. The van der Waals surface area contributed by atoms with Gasteiger partial charge in [0.1, 0.15) is 24.4 Å². The maximum Gasteiger partial charge on any atom is 0.192 e. The minimum atomic E-state index is -2.13. The van der Waals surface area contributed by atoms with Crippen LogP contribution in [0.15, 0.2) is 28.7 Å². The van der Waals surface area contributed by atoms with Gasteiger partial charge in [-0.2, -0.15) is 0 Å². The maximum absolute atomic E-state index is 7.22. The Balaban J connectivity index is 2.59. The van der Waals surface area contributed by atoms with Gasteiger partial charge in [-0.25, -0.2) is 0 Å². The van der Waals surface area contributed by atoms with E-state index in [0.717, 1.165) is 10.0 Å². The van der Waals surface area contributed by atoms with Crippen LogP contribution < -0.4 is 0 Å². The molecule has 4 atom stereocenters. The van der Waals surface area contributed by atoms with Crippen molar-refractivity contribution < 1.29 is 18.0 Å². The van der Waals surface area contributed by atoms with E-state index in [0.29, 0.717) is 6.61 Å². The van der Waals surface area contributed by atoms with Gasteiger partial charge in [-0.1, -0.05) is 90.4 Å². The van der Waals surface area contributed by atoms with Crippen LogP contribution in [0.2, 0.25) is 54.4 Å². The Kier molecular flexibility index (Phi) is 10.1. The van der Waals surface area contributed by atoms with Gasteiger partial charge in [0, 0.05) is 4.47 Å². The summed E-state index contributed by atoms with van der Waals surface area (Å²) in [5.74, 6) is 0. The predicted molar refractivity (Wildman–Crippen MR) is 169 cm³/mol. The molecular weight excluding hydrogens is 576 g/mol. The fourth-order valence-electron chi connectivity index (χ4n) is 3.63. The molecule has 0 saturated carbocycles. The average Bonchev–Trinajstić information content (AvgIpc) is 3.00.